The predicted molar refractivity (Wildman–Crippen MR) is 58.1 cm³/mol. The fourth-order valence-electron chi connectivity index (χ4n) is 1.59. The molecule has 1 rings (SSSR count). The highest BCUT2D eigenvalue weighted by Crippen LogP contribution is 2.20. The molecule has 0 aromatic carbocycles. The number of hydrogen-bond acceptors (Lipinski definition) is 2. The minimum Gasteiger partial charge on any atom is -0.282 e. The number of nitrogens with zero attached hydrogens (tertiary/aromatic N) is 1. The molecule has 4 heteroatoms. The number of likely N-dealkylation sites (tertiary alicyclic amines) is 1. The zero-order valence-corrected chi connectivity index (χ0v) is 10.2. The average molecular weight is 262 g/mol. The first-order chi connectivity index (χ1) is 6.54. The van der Waals surface area contributed by atoms with Gasteiger partial charge in [-0.05, 0) is 11.8 Å². The van der Waals surface area contributed by atoms with E-state index in [1.54, 1.807) is 0 Å². The Morgan fingerprint density at radius 2 is 1.93 bits per heavy atom. The molecule has 1 saturated heterocycles. The standard InChI is InChI=1S/C10H16BrNO2/c1-7-3-9(13)12(10(14)4-7)6-8(2)5-11/h7-8H,3-6H2,1-2H3. The van der Waals surface area contributed by atoms with Crippen LogP contribution in [0.25, 0.3) is 0 Å². The van der Waals surface area contributed by atoms with Gasteiger partial charge in [-0.3, -0.25) is 14.5 Å². The molecular weight excluding hydrogens is 246 g/mol. The van der Waals surface area contributed by atoms with Crippen LogP contribution in [0.5, 0.6) is 0 Å². The lowest BCUT2D eigenvalue weighted by molar-refractivity contribution is -0.150. The molecule has 0 radical (unpaired) electrons. The number of rotatable bonds is 3. The number of alkyl halides is 1. The summed E-state index contributed by atoms with van der Waals surface area (Å²) < 4.78 is 0. The molecule has 0 spiro atoms. The first-order valence-corrected chi connectivity index (χ1v) is 6.06. The van der Waals surface area contributed by atoms with Gasteiger partial charge in [0.05, 0.1) is 0 Å². The lowest BCUT2D eigenvalue weighted by atomic mass is 9.97. The molecule has 0 aliphatic carbocycles. The number of amides is 2. The van der Waals surface area contributed by atoms with Crippen LogP contribution in [0.4, 0.5) is 0 Å². The van der Waals surface area contributed by atoms with Crippen molar-refractivity contribution >= 4 is 27.7 Å². The third kappa shape index (κ3) is 2.80. The number of carbonyl (C=O) groups excluding carboxylic acids is 2. The largest absolute Gasteiger partial charge is 0.282 e. The van der Waals surface area contributed by atoms with Crippen LogP contribution in [0.1, 0.15) is 26.7 Å². The molecule has 1 aliphatic heterocycles. The van der Waals surface area contributed by atoms with Crippen LogP contribution in [0, 0.1) is 11.8 Å². The normalized spacial score (nSPS) is 21.5. The summed E-state index contributed by atoms with van der Waals surface area (Å²) in [6.45, 7) is 4.52. The SMILES string of the molecule is CC1CC(=O)N(CC(C)CBr)C(=O)C1. The van der Waals surface area contributed by atoms with Crippen LogP contribution in [-0.2, 0) is 9.59 Å². The fourth-order valence-corrected chi connectivity index (χ4v) is 1.80. The van der Waals surface area contributed by atoms with Crippen LogP contribution in [0.15, 0.2) is 0 Å². The molecule has 1 unspecified atom stereocenters. The minimum absolute atomic E-state index is 0.0125. The van der Waals surface area contributed by atoms with Gasteiger partial charge in [0.15, 0.2) is 0 Å². The van der Waals surface area contributed by atoms with E-state index in [0.717, 1.165) is 5.33 Å². The van der Waals surface area contributed by atoms with E-state index in [1.165, 1.54) is 4.90 Å². The van der Waals surface area contributed by atoms with Crippen molar-refractivity contribution in [2.75, 3.05) is 11.9 Å². The number of carbonyl (C=O) groups is 2. The lowest BCUT2D eigenvalue weighted by Gasteiger charge is -2.29. The van der Waals surface area contributed by atoms with Crippen LogP contribution >= 0.6 is 15.9 Å². The van der Waals surface area contributed by atoms with Crippen molar-refractivity contribution < 1.29 is 9.59 Å². The molecule has 1 fully saturated rings. The third-order valence-corrected chi connectivity index (χ3v) is 3.51. The van der Waals surface area contributed by atoms with Crippen molar-refractivity contribution in [2.45, 2.75) is 26.7 Å². The molecule has 80 valence electrons. The number of piperidine rings is 1. The van der Waals surface area contributed by atoms with Gasteiger partial charge < -0.3 is 0 Å². The maximum absolute atomic E-state index is 11.6. The highest BCUT2D eigenvalue weighted by molar-refractivity contribution is 9.09. The van der Waals surface area contributed by atoms with Crippen molar-refractivity contribution in [1.29, 1.82) is 0 Å². The summed E-state index contributed by atoms with van der Waals surface area (Å²) in [5, 5.41) is 0.819. The maximum Gasteiger partial charge on any atom is 0.229 e. The molecule has 1 heterocycles. The molecule has 3 nitrogen and oxygen atoms in total. The van der Waals surface area contributed by atoms with Gasteiger partial charge in [0.2, 0.25) is 11.8 Å². The third-order valence-electron chi connectivity index (χ3n) is 2.41. The number of halogens is 1. The molecule has 0 aromatic heterocycles. The van der Waals surface area contributed by atoms with Crippen LogP contribution in [-0.4, -0.2) is 28.6 Å². The van der Waals surface area contributed by atoms with Crippen molar-refractivity contribution in [3.63, 3.8) is 0 Å². The Morgan fingerprint density at radius 3 is 2.36 bits per heavy atom. The second-order valence-electron chi connectivity index (χ2n) is 4.17. The van der Waals surface area contributed by atoms with Crippen molar-refractivity contribution in [3.8, 4) is 0 Å². The molecule has 14 heavy (non-hydrogen) atoms. The summed E-state index contributed by atoms with van der Waals surface area (Å²) >= 11 is 3.34. The monoisotopic (exact) mass is 261 g/mol. The zero-order chi connectivity index (χ0) is 10.7. The minimum atomic E-state index is -0.0125. The van der Waals surface area contributed by atoms with Crippen molar-refractivity contribution in [2.24, 2.45) is 11.8 Å². The van der Waals surface area contributed by atoms with Crippen molar-refractivity contribution in [3.05, 3.63) is 0 Å². The Morgan fingerprint density at radius 1 is 1.43 bits per heavy atom. The van der Waals surface area contributed by atoms with Gasteiger partial charge in [-0.25, -0.2) is 0 Å². The quantitative estimate of drug-likeness (QED) is 0.574. The van der Waals surface area contributed by atoms with E-state index in [9.17, 15) is 9.59 Å². The smallest absolute Gasteiger partial charge is 0.229 e. The summed E-state index contributed by atoms with van der Waals surface area (Å²) in [5.74, 6) is 0.518. The molecule has 1 aliphatic rings. The second-order valence-corrected chi connectivity index (χ2v) is 4.82. The zero-order valence-electron chi connectivity index (χ0n) is 8.62. The van der Waals surface area contributed by atoms with E-state index in [2.05, 4.69) is 15.9 Å². The Labute approximate surface area is 93.0 Å². The van der Waals surface area contributed by atoms with E-state index in [0.29, 0.717) is 25.3 Å². The second kappa shape index (κ2) is 4.91. The topological polar surface area (TPSA) is 37.4 Å². The average Bonchev–Trinajstić information content (AvgIpc) is 2.10. The molecule has 1 atom stereocenters. The van der Waals surface area contributed by atoms with E-state index in [-0.39, 0.29) is 17.7 Å². The summed E-state index contributed by atoms with van der Waals surface area (Å²) in [5.41, 5.74) is 0. The summed E-state index contributed by atoms with van der Waals surface area (Å²) in [6, 6.07) is 0. The van der Waals surface area contributed by atoms with Gasteiger partial charge in [0.25, 0.3) is 0 Å². The van der Waals surface area contributed by atoms with Gasteiger partial charge in [-0.1, -0.05) is 29.8 Å². The summed E-state index contributed by atoms with van der Waals surface area (Å²) in [4.78, 5) is 24.5. The van der Waals surface area contributed by atoms with Gasteiger partial charge in [-0.2, -0.15) is 0 Å². The van der Waals surface area contributed by atoms with Crippen LogP contribution < -0.4 is 0 Å². The molecule has 0 aromatic rings. The Balaban J connectivity index is 2.59. The fraction of sp³-hybridized carbons (Fsp3) is 0.800. The number of imide groups is 1. The van der Waals surface area contributed by atoms with Gasteiger partial charge in [-0.15, -0.1) is 0 Å². The van der Waals surface area contributed by atoms with Crippen molar-refractivity contribution in [1.82, 2.24) is 4.90 Å². The Hall–Kier alpha value is -0.380. The van der Waals surface area contributed by atoms with Gasteiger partial charge >= 0.3 is 0 Å². The van der Waals surface area contributed by atoms with E-state index < -0.39 is 0 Å². The Bertz CT molecular complexity index is 224. The Kier molecular flexibility index (Phi) is 4.11. The predicted octanol–water partition coefficient (Wildman–Crippen LogP) is 1.80. The van der Waals surface area contributed by atoms with E-state index in [1.807, 2.05) is 13.8 Å². The van der Waals surface area contributed by atoms with Gasteiger partial charge in [0.1, 0.15) is 0 Å². The first kappa shape index (κ1) is 11.7. The van der Waals surface area contributed by atoms with E-state index in [4.69, 9.17) is 0 Å². The summed E-state index contributed by atoms with van der Waals surface area (Å²) in [6.07, 6.45) is 1.03. The molecule has 2 amide bonds. The number of hydrogen-bond donors (Lipinski definition) is 0. The first-order valence-electron chi connectivity index (χ1n) is 4.93. The molecular formula is C10H16BrNO2. The highest BCUT2D eigenvalue weighted by Gasteiger charge is 2.30. The van der Waals surface area contributed by atoms with E-state index >= 15 is 0 Å². The highest BCUT2D eigenvalue weighted by atomic mass is 79.9. The molecule has 0 N–H and O–H groups in total. The van der Waals surface area contributed by atoms with Crippen LogP contribution in [0.3, 0.4) is 0 Å². The van der Waals surface area contributed by atoms with Gasteiger partial charge in [0, 0.05) is 24.7 Å². The lowest BCUT2D eigenvalue weighted by Crippen LogP contribution is -2.44. The van der Waals surface area contributed by atoms with Crippen LogP contribution in [0.2, 0.25) is 0 Å². The maximum atomic E-state index is 11.6. The summed E-state index contributed by atoms with van der Waals surface area (Å²) in [7, 11) is 0. The molecule has 0 bridgehead atoms. The molecule has 0 saturated carbocycles.